The third-order valence-electron chi connectivity index (χ3n) is 6.21. The van der Waals surface area contributed by atoms with Gasteiger partial charge in [-0.25, -0.2) is 8.42 Å². The van der Waals surface area contributed by atoms with Gasteiger partial charge < -0.3 is 4.90 Å². The molecule has 1 heterocycles. The van der Waals surface area contributed by atoms with E-state index in [1.165, 1.54) is 25.7 Å². The number of fused-ring (bicyclic) bond motifs is 1. The summed E-state index contributed by atoms with van der Waals surface area (Å²) in [5, 5.41) is 1.15. The molecule has 2 aromatic carbocycles. The van der Waals surface area contributed by atoms with Crippen LogP contribution in [0, 0.1) is 11.8 Å². The van der Waals surface area contributed by atoms with Crippen LogP contribution in [-0.2, 0) is 10.0 Å². The number of rotatable bonds is 5. The lowest BCUT2D eigenvalue weighted by Gasteiger charge is -2.41. The third-order valence-corrected chi connectivity index (χ3v) is 7.22. The zero-order valence-corrected chi connectivity index (χ0v) is 17.9. The average Bonchev–Trinajstić information content (AvgIpc) is 2.78. The van der Waals surface area contributed by atoms with Crippen molar-refractivity contribution in [3.63, 3.8) is 0 Å². The Balaban J connectivity index is 1.37. The SMILES string of the molecule is O=C(c1ccc(NS(=O)(=O)/C=C/c2ccccc2)cc1)N1CC[C@@H]2CCCC[C@@H]2C1. The summed E-state index contributed by atoms with van der Waals surface area (Å²) in [6.45, 7) is 1.67. The van der Waals surface area contributed by atoms with Crippen LogP contribution in [0.1, 0.15) is 48.0 Å². The Morgan fingerprint density at radius 1 is 0.933 bits per heavy atom. The second-order valence-corrected chi connectivity index (χ2v) is 9.85. The predicted molar refractivity (Wildman–Crippen MR) is 120 cm³/mol. The average molecular weight is 425 g/mol. The van der Waals surface area contributed by atoms with E-state index in [-0.39, 0.29) is 5.91 Å². The van der Waals surface area contributed by atoms with Crippen LogP contribution < -0.4 is 4.72 Å². The van der Waals surface area contributed by atoms with Crippen molar-refractivity contribution in [3.8, 4) is 0 Å². The Hall–Kier alpha value is -2.60. The zero-order chi connectivity index (χ0) is 21.0. The van der Waals surface area contributed by atoms with E-state index in [4.69, 9.17) is 0 Å². The molecule has 2 fully saturated rings. The minimum absolute atomic E-state index is 0.0393. The monoisotopic (exact) mass is 424 g/mol. The molecule has 0 unspecified atom stereocenters. The van der Waals surface area contributed by atoms with Crippen molar-refractivity contribution >= 4 is 27.7 Å². The summed E-state index contributed by atoms with van der Waals surface area (Å²) in [5.41, 5.74) is 1.85. The van der Waals surface area contributed by atoms with Gasteiger partial charge in [-0.15, -0.1) is 0 Å². The van der Waals surface area contributed by atoms with E-state index in [0.29, 0.717) is 17.2 Å². The molecule has 0 aromatic heterocycles. The van der Waals surface area contributed by atoms with Crippen LogP contribution in [0.25, 0.3) is 6.08 Å². The molecule has 0 spiro atoms. The number of sulfonamides is 1. The quantitative estimate of drug-likeness (QED) is 0.753. The maximum absolute atomic E-state index is 12.9. The minimum Gasteiger partial charge on any atom is -0.338 e. The predicted octanol–water partition coefficient (Wildman–Crippen LogP) is 4.75. The molecule has 2 atom stereocenters. The van der Waals surface area contributed by atoms with Gasteiger partial charge in [0.1, 0.15) is 0 Å². The van der Waals surface area contributed by atoms with Gasteiger partial charge in [-0.1, -0.05) is 49.6 Å². The van der Waals surface area contributed by atoms with E-state index in [9.17, 15) is 13.2 Å². The topological polar surface area (TPSA) is 66.5 Å². The second-order valence-electron chi connectivity index (χ2n) is 8.28. The van der Waals surface area contributed by atoms with Gasteiger partial charge in [0.05, 0.1) is 5.41 Å². The summed E-state index contributed by atoms with van der Waals surface area (Å²) in [6.07, 6.45) is 7.78. The summed E-state index contributed by atoms with van der Waals surface area (Å²) in [5.74, 6) is 1.46. The van der Waals surface area contributed by atoms with Gasteiger partial charge in [0.15, 0.2) is 0 Å². The molecule has 4 rings (SSSR count). The lowest BCUT2D eigenvalue weighted by Crippen LogP contribution is -2.44. The number of benzene rings is 2. The number of hydrogen-bond donors (Lipinski definition) is 1. The lowest BCUT2D eigenvalue weighted by atomic mass is 9.75. The minimum atomic E-state index is -3.63. The summed E-state index contributed by atoms with van der Waals surface area (Å²) < 4.78 is 27.1. The standard InChI is InChI=1S/C24H28N2O3S/c27-24(26-16-14-20-8-4-5-9-22(20)18-26)21-10-12-23(13-11-21)25-30(28,29)17-15-19-6-2-1-3-7-19/h1-3,6-7,10-13,15,17,20,22,25H,4-5,8-9,14,16,18H2/b17-15+/t20-,22+/m0/s1. The van der Waals surface area contributed by atoms with Crippen LogP contribution in [0.3, 0.4) is 0 Å². The van der Waals surface area contributed by atoms with E-state index < -0.39 is 10.0 Å². The number of likely N-dealkylation sites (tertiary alicyclic amines) is 1. The highest BCUT2D eigenvalue weighted by Crippen LogP contribution is 2.36. The van der Waals surface area contributed by atoms with Gasteiger partial charge in [0.2, 0.25) is 0 Å². The first-order valence-corrected chi connectivity index (χ1v) is 12.2. The molecule has 158 valence electrons. The number of hydrogen-bond acceptors (Lipinski definition) is 3. The molecule has 2 aromatic rings. The van der Waals surface area contributed by atoms with Crippen molar-refractivity contribution in [2.45, 2.75) is 32.1 Å². The number of nitrogens with zero attached hydrogens (tertiary/aromatic N) is 1. The van der Waals surface area contributed by atoms with E-state index in [2.05, 4.69) is 4.72 Å². The molecule has 1 aliphatic carbocycles. The molecular formula is C24H28N2O3S. The second kappa shape index (κ2) is 9.04. The smallest absolute Gasteiger partial charge is 0.255 e. The Labute approximate surface area is 178 Å². The lowest BCUT2D eigenvalue weighted by molar-refractivity contribution is 0.0521. The normalized spacial score (nSPS) is 21.9. The van der Waals surface area contributed by atoms with Gasteiger partial charge in [0.25, 0.3) is 15.9 Å². The van der Waals surface area contributed by atoms with Crippen LogP contribution in [0.4, 0.5) is 5.69 Å². The third kappa shape index (κ3) is 5.11. The molecule has 2 aliphatic rings. The van der Waals surface area contributed by atoms with Crippen molar-refractivity contribution in [2.75, 3.05) is 17.8 Å². The van der Waals surface area contributed by atoms with Crippen molar-refractivity contribution in [1.82, 2.24) is 4.90 Å². The fourth-order valence-corrected chi connectivity index (χ4v) is 5.45. The van der Waals surface area contributed by atoms with E-state index in [1.807, 2.05) is 35.2 Å². The van der Waals surface area contributed by atoms with Gasteiger partial charge >= 0.3 is 0 Å². The van der Waals surface area contributed by atoms with Gasteiger partial charge in [-0.2, -0.15) is 0 Å². The number of nitrogens with one attached hydrogen (secondary N) is 1. The van der Waals surface area contributed by atoms with Crippen molar-refractivity contribution in [2.24, 2.45) is 11.8 Å². The molecule has 5 nitrogen and oxygen atoms in total. The molecule has 0 bridgehead atoms. The van der Waals surface area contributed by atoms with Crippen LogP contribution in [0.15, 0.2) is 60.0 Å². The first-order valence-electron chi connectivity index (χ1n) is 10.7. The molecular weight excluding hydrogens is 396 g/mol. The van der Waals surface area contributed by atoms with Crippen LogP contribution in [0.2, 0.25) is 0 Å². The first-order chi connectivity index (χ1) is 14.5. The Kier molecular flexibility index (Phi) is 6.23. The molecule has 6 heteroatoms. The number of amides is 1. The van der Waals surface area contributed by atoms with Crippen molar-refractivity contribution in [3.05, 3.63) is 71.1 Å². The van der Waals surface area contributed by atoms with Crippen molar-refractivity contribution in [1.29, 1.82) is 0 Å². The van der Waals surface area contributed by atoms with E-state index >= 15 is 0 Å². The Morgan fingerprint density at radius 2 is 1.63 bits per heavy atom. The number of anilines is 1. The van der Waals surface area contributed by atoms with Gasteiger partial charge in [-0.3, -0.25) is 9.52 Å². The first kappa shape index (κ1) is 20.7. The highest BCUT2D eigenvalue weighted by molar-refractivity contribution is 7.95. The van der Waals surface area contributed by atoms with E-state index in [1.54, 1.807) is 30.3 Å². The largest absolute Gasteiger partial charge is 0.338 e. The van der Waals surface area contributed by atoms with Crippen molar-refractivity contribution < 1.29 is 13.2 Å². The summed E-state index contributed by atoms with van der Waals surface area (Å²) in [7, 11) is -3.63. The fraction of sp³-hybridized carbons (Fsp3) is 0.375. The highest BCUT2D eigenvalue weighted by atomic mass is 32.2. The maximum Gasteiger partial charge on any atom is 0.255 e. The van der Waals surface area contributed by atoms with Crippen LogP contribution in [-0.4, -0.2) is 32.3 Å². The number of carbonyl (C=O) groups is 1. The molecule has 30 heavy (non-hydrogen) atoms. The van der Waals surface area contributed by atoms with Gasteiger partial charge in [-0.05, 0) is 60.6 Å². The maximum atomic E-state index is 12.9. The number of piperidine rings is 1. The highest BCUT2D eigenvalue weighted by Gasteiger charge is 2.33. The fourth-order valence-electron chi connectivity index (χ4n) is 4.58. The molecule has 0 radical (unpaired) electrons. The molecule has 1 saturated carbocycles. The zero-order valence-electron chi connectivity index (χ0n) is 17.0. The molecule has 1 aliphatic heterocycles. The van der Waals surface area contributed by atoms with E-state index in [0.717, 1.165) is 36.4 Å². The van der Waals surface area contributed by atoms with Gasteiger partial charge in [0, 0.05) is 24.3 Å². The summed E-state index contributed by atoms with van der Waals surface area (Å²) >= 11 is 0. The molecule has 1 saturated heterocycles. The molecule has 1 N–H and O–H groups in total. The Morgan fingerprint density at radius 3 is 2.37 bits per heavy atom. The summed E-state index contributed by atoms with van der Waals surface area (Å²) in [6, 6.07) is 16.0. The molecule has 1 amide bonds. The Bertz CT molecular complexity index is 1000. The van der Waals surface area contributed by atoms with Crippen LogP contribution >= 0.6 is 0 Å². The van der Waals surface area contributed by atoms with Crippen LogP contribution in [0.5, 0.6) is 0 Å². The number of carbonyl (C=O) groups excluding carboxylic acids is 1. The summed E-state index contributed by atoms with van der Waals surface area (Å²) in [4.78, 5) is 14.9.